The largest absolute Gasteiger partial charge is 0.473 e. The lowest BCUT2D eigenvalue weighted by atomic mass is 9.87. The van der Waals surface area contributed by atoms with Crippen molar-refractivity contribution >= 4 is 11.7 Å². The zero-order chi connectivity index (χ0) is 17.3. The third-order valence-corrected chi connectivity index (χ3v) is 3.85. The highest BCUT2D eigenvalue weighted by Crippen LogP contribution is 2.29. The first kappa shape index (κ1) is 16.3. The van der Waals surface area contributed by atoms with E-state index in [0.29, 0.717) is 17.7 Å². The number of nitrogens with zero attached hydrogens (tertiary/aromatic N) is 1. The topological polar surface area (TPSA) is 38.7 Å². The van der Waals surface area contributed by atoms with Crippen LogP contribution < -0.4 is 0 Å². The van der Waals surface area contributed by atoms with Crippen LogP contribution >= 0.6 is 0 Å². The molecule has 3 rings (SSSR count). The van der Waals surface area contributed by atoms with Gasteiger partial charge < -0.3 is 4.74 Å². The van der Waals surface area contributed by atoms with Gasteiger partial charge in [-0.1, -0.05) is 24.3 Å². The molecule has 0 fully saturated rings. The molecule has 0 radical (unpaired) electrons. The third-order valence-electron chi connectivity index (χ3n) is 3.85. The average molecular weight is 329 g/mol. The number of carbonyl (C=O) groups is 1. The van der Waals surface area contributed by atoms with Crippen LogP contribution in [0.15, 0.2) is 53.5 Å². The van der Waals surface area contributed by atoms with Gasteiger partial charge in [-0.25, -0.2) is 13.8 Å². The molecule has 0 saturated carbocycles. The van der Waals surface area contributed by atoms with E-state index >= 15 is 0 Å². The number of halogens is 2. The van der Waals surface area contributed by atoms with Crippen LogP contribution in [0.25, 0.3) is 0 Å². The molecule has 0 aromatic heterocycles. The van der Waals surface area contributed by atoms with E-state index in [1.165, 1.54) is 24.3 Å². The Morgan fingerprint density at radius 3 is 1.83 bits per heavy atom. The maximum absolute atomic E-state index is 13.2. The van der Waals surface area contributed by atoms with Gasteiger partial charge in [-0.15, -0.1) is 0 Å². The van der Waals surface area contributed by atoms with Gasteiger partial charge in [0, 0.05) is 0 Å². The summed E-state index contributed by atoms with van der Waals surface area (Å²) in [6.07, 6.45) is 0. The van der Waals surface area contributed by atoms with Crippen molar-refractivity contribution in [3.8, 4) is 0 Å². The number of hydrogen-bond donors (Lipinski definition) is 0. The molecule has 0 amide bonds. The predicted molar refractivity (Wildman–Crippen MR) is 87.1 cm³/mol. The van der Waals surface area contributed by atoms with Crippen molar-refractivity contribution < 1.29 is 18.3 Å². The molecule has 0 unspecified atom stereocenters. The first-order chi connectivity index (χ1) is 11.4. The lowest BCUT2D eigenvalue weighted by Crippen LogP contribution is -2.23. The number of ether oxygens (including phenoxy) is 1. The summed E-state index contributed by atoms with van der Waals surface area (Å²) in [5.74, 6) is -1.77. The Bertz CT molecular complexity index is 735. The Kier molecular flexibility index (Phi) is 4.18. The Hall–Kier alpha value is -2.56. The standard InChI is InChI=1S/C19H17F2NO2/c1-19(2)11-24-18(22-19)17(23)16(12-3-7-14(20)8-4-12)13-5-9-15(21)10-6-13/h3-10,16H,11H2,1-2H3. The highest BCUT2D eigenvalue weighted by molar-refractivity contribution is 6.39. The van der Waals surface area contributed by atoms with Crippen molar-refractivity contribution in [1.82, 2.24) is 0 Å². The van der Waals surface area contributed by atoms with Gasteiger partial charge in [0.1, 0.15) is 18.2 Å². The second-order valence-electron chi connectivity index (χ2n) is 6.42. The van der Waals surface area contributed by atoms with E-state index in [4.69, 9.17) is 4.74 Å². The maximum Gasteiger partial charge on any atom is 0.255 e. The molecule has 0 atom stereocenters. The van der Waals surface area contributed by atoms with Gasteiger partial charge >= 0.3 is 0 Å². The number of ketones is 1. The average Bonchev–Trinajstić information content (AvgIpc) is 2.91. The second kappa shape index (κ2) is 6.15. The molecule has 0 N–H and O–H groups in total. The molecule has 1 heterocycles. The van der Waals surface area contributed by atoms with Crippen molar-refractivity contribution in [3.63, 3.8) is 0 Å². The lowest BCUT2D eigenvalue weighted by Gasteiger charge is -2.16. The molecule has 1 aliphatic heterocycles. The molecule has 5 heteroatoms. The predicted octanol–water partition coefficient (Wildman–Crippen LogP) is 3.87. The molecular formula is C19H17F2NO2. The second-order valence-corrected chi connectivity index (χ2v) is 6.42. The fourth-order valence-corrected chi connectivity index (χ4v) is 2.64. The van der Waals surface area contributed by atoms with Crippen molar-refractivity contribution in [2.24, 2.45) is 4.99 Å². The van der Waals surface area contributed by atoms with Crippen LogP contribution in [0.1, 0.15) is 30.9 Å². The minimum absolute atomic E-state index is 0.0543. The van der Waals surface area contributed by atoms with Crippen molar-refractivity contribution in [2.45, 2.75) is 25.3 Å². The normalized spacial score (nSPS) is 16.0. The molecule has 0 aliphatic carbocycles. The summed E-state index contributed by atoms with van der Waals surface area (Å²) in [6.45, 7) is 4.07. The molecule has 3 nitrogen and oxygen atoms in total. The summed E-state index contributed by atoms with van der Waals surface area (Å²) in [7, 11) is 0. The minimum atomic E-state index is -0.723. The van der Waals surface area contributed by atoms with E-state index in [1.807, 2.05) is 13.8 Å². The number of carbonyl (C=O) groups excluding carboxylic acids is 1. The van der Waals surface area contributed by atoms with E-state index in [-0.39, 0.29) is 23.3 Å². The van der Waals surface area contributed by atoms with E-state index in [2.05, 4.69) is 4.99 Å². The fraction of sp³-hybridized carbons (Fsp3) is 0.263. The summed E-state index contributed by atoms with van der Waals surface area (Å²) in [6, 6.07) is 11.3. The first-order valence-electron chi connectivity index (χ1n) is 7.63. The van der Waals surface area contributed by atoms with Crippen LogP contribution in [0.5, 0.6) is 0 Å². The number of Topliss-reactive ketones (excluding diaryl/α,β-unsaturated/α-hetero) is 1. The maximum atomic E-state index is 13.2. The van der Waals surface area contributed by atoms with Crippen molar-refractivity contribution in [1.29, 1.82) is 0 Å². The van der Waals surface area contributed by atoms with Crippen molar-refractivity contribution in [3.05, 3.63) is 71.3 Å². The molecule has 0 spiro atoms. The number of rotatable bonds is 4. The highest BCUT2D eigenvalue weighted by atomic mass is 19.1. The molecule has 2 aromatic carbocycles. The monoisotopic (exact) mass is 329 g/mol. The Labute approximate surface area is 139 Å². The fourth-order valence-electron chi connectivity index (χ4n) is 2.64. The van der Waals surface area contributed by atoms with Gasteiger partial charge in [0.2, 0.25) is 5.78 Å². The number of aliphatic imine (C=N–C) groups is 1. The molecule has 0 saturated heterocycles. The van der Waals surface area contributed by atoms with Gasteiger partial charge in [0.05, 0.1) is 11.5 Å². The van der Waals surface area contributed by atoms with Gasteiger partial charge in [-0.2, -0.15) is 0 Å². The number of hydrogen-bond acceptors (Lipinski definition) is 3. The van der Waals surface area contributed by atoms with Gasteiger partial charge in [-0.3, -0.25) is 4.79 Å². The quantitative estimate of drug-likeness (QED) is 0.854. The third kappa shape index (κ3) is 3.35. The Balaban J connectivity index is 2.03. The smallest absolute Gasteiger partial charge is 0.255 e. The summed E-state index contributed by atoms with van der Waals surface area (Å²) >= 11 is 0. The first-order valence-corrected chi connectivity index (χ1v) is 7.63. The Morgan fingerprint density at radius 1 is 1.00 bits per heavy atom. The van der Waals surface area contributed by atoms with E-state index in [0.717, 1.165) is 0 Å². The Morgan fingerprint density at radius 2 is 1.46 bits per heavy atom. The SMILES string of the molecule is CC1(C)COC(C(=O)C(c2ccc(F)cc2)c2ccc(F)cc2)=N1. The minimum Gasteiger partial charge on any atom is -0.473 e. The van der Waals surface area contributed by atoms with Crippen LogP contribution in [0.3, 0.4) is 0 Å². The van der Waals surface area contributed by atoms with E-state index < -0.39 is 11.5 Å². The van der Waals surface area contributed by atoms with Crippen LogP contribution in [-0.4, -0.2) is 23.8 Å². The van der Waals surface area contributed by atoms with Gasteiger partial charge in [0.25, 0.3) is 5.90 Å². The zero-order valence-electron chi connectivity index (χ0n) is 13.4. The van der Waals surface area contributed by atoms with Crippen LogP contribution in [0.2, 0.25) is 0 Å². The highest BCUT2D eigenvalue weighted by Gasteiger charge is 2.35. The molecule has 1 aliphatic rings. The number of benzene rings is 2. The zero-order valence-corrected chi connectivity index (χ0v) is 13.4. The van der Waals surface area contributed by atoms with Crippen LogP contribution in [0.4, 0.5) is 8.78 Å². The summed E-state index contributed by atoms with van der Waals surface area (Å²) in [5.41, 5.74) is 0.745. The summed E-state index contributed by atoms with van der Waals surface area (Å²) in [5, 5.41) is 0. The van der Waals surface area contributed by atoms with E-state index in [9.17, 15) is 13.6 Å². The molecule has 24 heavy (non-hydrogen) atoms. The van der Waals surface area contributed by atoms with Crippen LogP contribution in [-0.2, 0) is 9.53 Å². The van der Waals surface area contributed by atoms with Gasteiger partial charge in [0.15, 0.2) is 0 Å². The van der Waals surface area contributed by atoms with Crippen LogP contribution in [0, 0.1) is 11.6 Å². The van der Waals surface area contributed by atoms with Crippen molar-refractivity contribution in [2.75, 3.05) is 6.61 Å². The van der Waals surface area contributed by atoms with E-state index in [1.54, 1.807) is 24.3 Å². The summed E-state index contributed by atoms with van der Waals surface area (Å²) in [4.78, 5) is 17.3. The molecular weight excluding hydrogens is 312 g/mol. The summed E-state index contributed by atoms with van der Waals surface area (Å²) < 4.78 is 31.9. The van der Waals surface area contributed by atoms with Gasteiger partial charge in [-0.05, 0) is 49.2 Å². The molecule has 124 valence electrons. The molecule has 2 aromatic rings. The molecule has 0 bridgehead atoms. The lowest BCUT2D eigenvalue weighted by molar-refractivity contribution is -0.114.